The summed E-state index contributed by atoms with van der Waals surface area (Å²) in [5, 5.41) is 12.4. The van der Waals surface area contributed by atoms with Crippen LogP contribution in [0, 0.1) is 0 Å². The van der Waals surface area contributed by atoms with Gasteiger partial charge in [-0.05, 0) is 42.0 Å². The lowest BCUT2D eigenvalue weighted by atomic mass is 9.97. The first-order valence-electron chi connectivity index (χ1n) is 9.96. The molecule has 4 aromatic rings. The van der Waals surface area contributed by atoms with Crippen LogP contribution in [-0.2, 0) is 6.54 Å². The highest BCUT2D eigenvalue weighted by molar-refractivity contribution is 7.08. The summed E-state index contributed by atoms with van der Waals surface area (Å²) in [4.78, 5) is 19.0. The van der Waals surface area contributed by atoms with Crippen molar-refractivity contribution >= 4 is 17.2 Å². The Morgan fingerprint density at radius 1 is 1.20 bits per heavy atom. The highest BCUT2D eigenvalue weighted by atomic mass is 32.1. The third-order valence-corrected chi connectivity index (χ3v) is 6.08. The SMILES string of the molecule is O=C(c1ccc(Cn2ccnc2)cc1)N1CCCC(c2nnc(-c3ccsc3)o2)C1. The van der Waals surface area contributed by atoms with Gasteiger partial charge in [0, 0.05) is 48.5 Å². The van der Waals surface area contributed by atoms with Gasteiger partial charge in [-0.1, -0.05) is 12.1 Å². The molecule has 1 amide bonds. The molecule has 1 saturated heterocycles. The van der Waals surface area contributed by atoms with Gasteiger partial charge in [-0.25, -0.2) is 4.98 Å². The number of imidazole rings is 1. The Bertz CT molecular complexity index is 1100. The number of rotatable bonds is 5. The molecule has 1 atom stereocenters. The van der Waals surface area contributed by atoms with Gasteiger partial charge in [0.05, 0.1) is 12.2 Å². The maximum atomic E-state index is 13.0. The molecule has 7 nitrogen and oxygen atoms in total. The molecule has 30 heavy (non-hydrogen) atoms. The van der Waals surface area contributed by atoms with E-state index in [2.05, 4.69) is 15.2 Å². The topological polar surface area (TPSA) is 77.1 Å². The van der Waals surface area contributed by atoms with Gasteiger partial charge in [-0.2, -0.15) is 11.3 Å². The van der Waals surface area contributed by atoms with Crippen molar-refractivity contribution in [1.82, 2.24) is 24.6 Å². The molecule has 152 valence electrons. The fraction of sp³-hybridized carbons (Fsp3) is 0.273. The van der Waals surface area contributed by atoms with Crippen LogP contribution in [0.1, 0.15) is 40.6 Å². The summed E-state index contributed by atoms with van der Waals surface area (Å²) >= 11 is 1.60. The van der Waals surface area contributed by atoms with Gasteiger partial charge in [0.1, 0.15) is 0 Å². The zero-order valence-corrected chi connectivity index (χ0v) is 17.2. The first-order chi connectivity index (χ1) is 14.8. The van der Waals surface area contributed by atoms with Crippen LogP contribution in [0.5, 0.6) is 0 Å². The molecule has 0 N–H and O–H groups in total. The second-order valence-electron chi connectivity index (χ2n) is 7.48. The molecule has 0 radical (unpaired) electrons. The average Bonchev–Trinajstić information content (AvgIpc) is 3.56. The zero-order chi connectivity index (χ0) is 20.3. The normalized spacial score (nSPS) is 16.7. The summed E-state index contributed by atoms with van der Waals surface area (Å²) in [6, 6.07) is 9.77. The standard InChI is InChI=1S/C22H21N5O2S/c28-22(17-5-3-16(4-6-17)12-26-10-8-23-15-26)27-9-1-2-18(13-27)20-24-25-21(29-20)19-7-11-30-14-19/h3-8,10-11,14-15,18H,1-2,9,12-13H2. The molecular weight excluding hydrogens is 398 g/mol. The molecule has 1 unspecified atom stereocenters. The number of carbonyl (C=O) groups excluding carboxylic acids is 1. The minimum Gasteiger partial charge on any atom is -0.420 e. The van der Waals surface area contributed by atoms with Crippen LogP contribution in [0.4, 0.5) is 0 Å². The summed E-state index contributed by atoms with van der Waals surface area (Å²) in [7, 11) is 0. The molecule has 3 aromatic heterocycles. The Morgan fingerprint density at radius 3 is 2.87 bits per heavy atom. The Kier molecular flexibility index (Phi) is 5.15. The molecule has 0 spiro atoms. The van der Waals surface area contributed by atoms with Crippen molar-refractivity contribution in [3.63, 3.8) is 0 Å². The smallest absolute Gasteiger partial charge is 0.253 e. The van der Waals surface area contributed by atoms with Crippen LogP contribution < -0.4 is 0 Å². The van der Waals surface area contributed by atoms with Gasteiger partial charge in [-0.3, -0.25) is 4.79 Å². The van der Waals surface area contributed by atoms with Crippen molar-refractivity contribution in [1.29, 1.82) is 0 Å². The Balaban J connectivity index is 1.26. The summed E-state index contributed by atoms with van der Waals surface area (Å²) in [6.07, 6.45) is 7.34. The number of hydrogen-bond acceptors (Lipinski definition) is 6. The van der Waals surface area contributed by atoms with E-state index in [4.69, 9.17) is 4.42 Å². The Hall–Kier alpha value is -3.26. The first kappa shape index (κ1) is 18.7. The molecule has 8 heteroatoms. The van der Waals surface area contributed by atoms with Crippen LogP contribution in [-0.4, -0.2) is 43.6 Å². The summed E-state index contributed by atoms with van der Waals surface area (Å²) in [6.45, 7) is 2.09. The van der Waals surface area contributed by atoms with E-state index in [9.17, 15) is 4.79 Å². The molecule has 0 saturated carbocycles. The average molecular weight is 420 g/mol. The number of amides is 1. The second-order valence-corrected chi connectivity index (χ2v) is 8.26. The molecule has 1 aromatic carbocycles. The monoisotopic (exact) mass is 419 g/mol. The van der Waals surface area contributed by atoms with E-state index in [0.717, 1.165) is 37.1 Å². The Morgan fingerprint density at radius 2 is 2.10 bits per heavy atom. The van der Waals surface area contributed by atoms with Gasteiger partial charge >= 0.3 is 0 Å². The molecule has 4 heterocycles. The van der Waals surface area contributed by atoms with E-state index >= 15 is 0 Å². The van der Waals surface area contributed by atoms with E-state index in [-0.39, 0.29) is 11.8 Å². The minimum atomic E-state index is 0.0476. The number of piperidine rings is 1. The van der Waals surface area contributed by atoms with Crippen LogP contribution in [0.3, 0.4) is 0 Å². The molecule has 1 aliphatic heterocycles. The fourth-order valence-electron chi connectivity index (χ4n) is 3.79. The zero-order valence-electron chi connectivity index (χ0n) is 16.3. The Labute approximate surface area is 178 Å². The molecule has 0 bridgehead atoms. The van der Waals surface area contributed by atoms with Crippen LogP contribution in [0.15, 0.2) is 64.2 Å². The third-order valence-electron chi connectivity index (χ3n) is 5.39. The predicted octanol–water partition coefficient (Wildman–Crippen LogP) is 4.06. The summed E-state index contributed by atoms with van der Waals surface area (Å²) < 4.78 is 7.91. The quantitative estimate of drug-likeness (QED) is 0.487. The highest BCUT2D eigenvalue weighted by Crippen LogP contribution is 2.29. The molecule has 5 rings (SSSR count). The van der Waals surface area contributed by atoms with Crippen molar-refractivity contribution in [3.05, 3.63) is 76.8 Å². The van der Waals surface area contributed by atoms with Crippen molar-refractivity contribution in [3.8, 4) is 11.5 Å². The highest BCUT2D eigenvalue weighted by Gasteiger charge is 2.29. The van der Waals surface area contributed by atoms with E-state index in [1.807, 2.05) is 56.8 Å². The van der Waals surface area contributed by atoms with Crippen molar-refractivity contribution in [2.75, 3.05) is 13.1 Å². The van der Waals surface area contributed by atoms with Crippen LogP contribution in [0.2, 0.25) is 0 Å². The number of aromatic nitrogens is 4. The van der Waals surface area contributed by atoms with Crippen molar-refractivity contribution in [2.45, 2.75) is 25.3 Å². The summed E-state index contributed by atoms with van der Waals surface area (Å²) in [5.41, 5.74) is 2.78. The van der Waals surface area contributed by atoms with Crippen LogP contribution in [0.25, 0.3) is 11.5 Å². The maximum Gasteiger partial charge on any atom is 0.253 e. The van der Waals surface area contributed by atoms with Crippen molar-refractivity contribution < 1.29 is 9.21 Å². The number of carbonyl (C=O) groups is 1. The fourth-order valence-corrected chi connectivity index (χ4v) is 4.42. The molecular formula is C22H21N5O2S. The predicted molar refractivity (Wildman–Crippen MR) is 113 cm³/mol. The number of thiophene rings is 1. The van der Waals surface area contributed by atoms with E-state index in [1.54, 1.807) is 23.9 Å². The van der Waals surface area contributed by atoms with Gasteiger partial charge in [-0.15, -0.1) is 10.2 Å². The third kappa shape index (κ3) is 3.91. The maximum absolute atomic E-state index is 13.0. The molecule has 0 aliphatic carbocycles. The van der Waals surface area contributed by atoms with Gasteiger partial charge in [0.15, 0.2) is 0 Å². The van der Waals surface area contributed by atoms with Gasteiger partial charge < -0.3 is 13.9 Å². The number of benzene rings is 1. The molecule has 1 fully saturated rings. The lowest BCUT2D eigenvalue weighted by Gasteiger charge is -2.31. The van der Waals surface area contributed by atoms with E-state index < -0.39 is 0 Å². The molecule has 1 aliphatic rings. The van der Waals surface area contributed by atoms with E-state index in [1.165, 1.54) is 0 Å². The first-order valence-corrected chi connectivity index (χ1v) is 10.9. The number of nitrogens with zero attached hydrogens (tertiary/aromatic N) is 5. The number of likely N-dealkylation sites (tertiary alicyclic amines) is 1. The summed E-state index contributed by atoms with van der Waals surface area (Å²) in [5.74, 6) is 1.28. The minimum absolute atomic E-state index is 0.0476. The second kappa shape index (κ2) is 8.23. The van der Waals surface area contributed by atoms with Crippen molar-refractivity contribution in [2.24, 2.45) is 0 Å². The number of hydrogen-bond donors (Lipinski definition) is 0. The lowest BCUT2D eigenvalue weighted by Crippen LogP contribution is -2.39. The van der Waals surface area contributed by atoms with E-state index in [0.29, 0.717) is 23.9 Å². The van der Waals surface area contributed by atoms with Gasteiger partial charge in [0.2, 0.25) is 11.8 Å². The van der Waals surface area contributed by atoms with Gasteiger partial charge in [0.25, 0.3) is 5.91 Å². The lowest BCUT2D eigenvalue weighted by molar-refractivity contribution is 0.0698. The van der Waals surface area contributed by atoms with Crippen LogP contribution >= 0.6 is 11.3 Å². The largest absolute Gasteiger partial charge is 0.420 e.